The van der Waals surface area contributed by atoms with Crippen LogP contribution in [0, 0.1) is 6.92 Å². The smallest absolute Gasteiger partial charge is 0.410 e. The van der Waals surface area contributed by atoms with Crippen LogP contribution in [0.15, 0.2) is 78.0 Å². The van der Waals surface area contributed by atoms with Gasteiger partial charge in [0.2, 0.25) is 0 Å². The SMILES string of the molecule is Cc1ccc(C[C@H](NC(=O)OC(C)(C)C)/C(N)=N/OC(=O)[C@@H]2CCCN2C(=O)OCC2c3ccccc3-c3ccccc32)cc1. The quantitative estimate of drug-likeness (QED) is 0.145. The van der Waals surface area contributed by atoms with E-state index in [9.17, 15) is 14.4 Å². The highest BCUT2D eigenvalue weighted by molar-refractivity contribution is 5.90. The lowest BCUT2D eigenvalue weighted by Gasteiger charge is -2.24. The second-order valence-electron chi connectivity index (χ2n) is 12.5. The predicted molar refractivity (Wildman–Crippen MR) is 171 cm³/mol. The van der Waals surface area contributed by atoms with Gasteiger partial charge in [-0.3, -0.25) is 4.90 Å². The second kappa shape index (κ2) is 13.4. The fourth-order valence-electron chi connectivity index (χ4n) is 5.77. The first-order valence-electron chi connectivity index (χ1n) is 15.2. The Morgan fingerprint density at radius 2 is 1.60 bits per heavy atom. The number of alkyl carbamates (subject to hydrolysis) is 1. The number of hydrogen-bond donors (Lipinski definition) is 2. The molecule has 3 aromatic rings. The van der Waals surface area contributed by atoms with Crippen LogP contribution in [0.25, 0.3) is 11.1 Å². The number of carbonyl (C=O) groups excluding carboxylic acids is 3. The van der Waals surface area contributed by atoms with Crippen molar-refractivity contribution in [2.75, 3.05) is 13.2 Å². The summed E-state index contributed by atoms with van der Waals surface area (Å²) in [5, 5.41) is 6.60. The summed E-state index contributed by atoms with van der Waals surface area (Å²) < 4.78 is 11.2. The van der Waals surface area contributed by atoms with E-state index in [2.05, 4.69) is 34.7 Å². The number of likely N-dealkylation sites (tertiary alicyclic amines) is 1. The summed E-state index contributed by atoms with van der Waals surface area (Å²) in [6, 6.07) is 22.3. The van der Waals surface area contributed by atoms with Crippen molar-refractivity contribution in [3.63, 3.8) is 0 Å². The Labute approximate surface area is 263 Å². The highest BCUT2D eigenvalue weighted by Gasteiger charge is 2.38. The van der Waals surface area contributed by atoms with Crippen LogP contribution in [-0.4, -0.2) is 59.7 Å². The molecule has 10 heteroatoms. The molecular weight excluding hydrogens is 572 g/mol. The zero-order chi connectivity index (χ0) is 32.1. The number of carbonyl (C=O) groups is 3. The van der Waals surface area contributed by atoms with Gasteiger partial charge in [0.05, 0.1) is 6.04 Å². The molecule has 236 valence electrons. The van der Waals surface area contributed by atoms with Crippen LogP contribution >= 0.6 is 0 Å². The molecule has 3 N–H and O–H groups in total. The molecule has 2 amide bonds. The predicted octanol–water partition coefficient (Wildman–Crippen LogP) is 5.66. The molecule has 2 aliphatic rings. The molecule has 1 aliphatic heterocycles. The standard InChI is InChI=1S/C35H40N4O6/c1-22-15-17-23(18-16-22)20-29(37-33(41)44-35(2,3)4)31(36)38-45-32(40)30-14-9-19-39(30)34(42)43-21-28-26-12-7-5-10-24(26)25-11-6-8-13-27(25)28/h5-8,10-13,15-18,28-30H,9,14,19-21H2,1-4H3,(H2,36,38)(H,37,41)/t29-,30-/m0/s1. The van der Waals surface area contributed by atoms with Gasteiger partial charge in [-0.05, 0) is 68.4 Å². The van der Waals surface area contributed by atoms with Gasteiger partial charge >= 0.3 is 18.2 Å². The minimum atomic E-state index is -0.869. The molecule has 10 nitrogen and oxygen atoms in total. The number of amidine groups is 1. The second-order valence-corrected chi connectivity index (χ2v) is 12.5. The first kappa shape index (κ1) is 31.6. The van der Waals surface area contributed by atoms with E-state index in [0.717, 1.165) is 33.4 Å². The topological polar surface area (TPSA) is 133 Å². The van der Waals surface area contributed by atoms with Crippen LogP contribution in [0.5, 0.6) is 0 Å². The summed E-state index contributed by atoms with van der Waals surface area (Å²) in [4.78, 5) is 45.5. The number of amides is 2. The van der Waals surface area contributed by atoms with Gasteiger partial charge < -0.3 is 25.4 Å². The Kier molecular flexibility index (Phi) is 9.41. The maximum atomic E-state index is 13.2. The highest BCUT2D eigenvalue weighted by atomic mass is 16.7. The normalized spacial score (nSPS) is 16.8. The number of oxime groups is 1. The van der Waals surface area contributed by atoms with Gasteiger partial charge in [0.25, 0.3) is 0 Å². The molecule has 2 atom stereocenters. The van der Waals surface area contributed by atoms with Crippen molar-refractivity contribution in [3.05, 3.63) is 95.1 Å². The molecule has 45 heavy (non-hydrogen) atoms. The number of nitrogens with two attached hydrogens (primary N) is 1. The molecule has 1 fully saturated rings. The average Bonchev–Trinajstić information content (AvgIpc) is 3.62. The van der Waals surface area contributed by atoms with Crippen molar-refractivity contribution in [2.24, 2.45) is 10.9 Å². The average molecular weight is 613 g/mol. The fourth-order valence-corrected chi connectivity index (χ4v) is 5.77. The summed E-state index contributed by atoms with van der Waals surface area (Å²) in [6.45, 7) is 7.74. The molecule has 1 aliphatic carbocycles. The lowest BCUT2D eigenvalue weighted by atomic mass is 9.98. The molecule has 0 saturated carbocycles. The molecule has 1 heterocycles. The van der Waals surface area contributed by atoms with Crippen LogP contribution in [-0.2, 0) is 25.5 Å². The Morgan fingerprint density at radius 3 is 2.22 bits per heavy atom. The largest absolute Gasteiger partial charge is 0.448 e. The van der Waals surface area contributed by atoms with Crippen LogP contribution in [0.3, 0.4) is 0 Å². The molecule has 0 radical (unpaired) electrons. The van der Waals surface area contributed by atoms with Gasteiger partial charge in [-0.25, -0.2) is 14.4 Å². The van der Waals surface area contributed by atoms with Crippen molar-refractivity contribution in [1.29, 1.82) is 0 Å². The maximum Gasteiger partial charge on any atom is 0.410 e. The van der Waals surface area contributed by atoms with Gasteiger partial charge in [0.1, 0.15) is 18.2 Å². The number of aryl methyl sites for hydroxylation is 1. The number of rotatable bonds is 8. The third-order valence-corrected chi connectivity index (χ3v) is 7.94. The van der Waals surface area contributed by atoms with E-state index in [1.165, 1.54) is 4.90 Å². The highest BCUT2D eigenvalue weighted by Crippen LogP contribution is 2.44. The zero-order valence-corrected chi connectivity index (χ0v) is 26.1. The van der Waals surface area contributed by atoms with Gasteiger partial charge in [0, 0.05) is 18.9 Å². The minimum Gasteiger partial charge on any atom is -0.448 e. The number of benzene rings is 3. The van der Waals surface area contributed by atoms with E-state index in [-0.39, 0.29) is 18.4 Å². The molecule has 0 unspecified atom stereocenters. The van der Waals surface area contributed by atoms with Crippen LogP contribution in [0.4, 0.5) is 9.59 Å². The molecular formula is C35H40N4O6. The van der Waals surface area contributed by atoms with Gasteiger partial charge in [-0.15, -0.1) is 0 Å². The van der Waals surface area contributed by atoms with Crippen molar-refractivity contribution in [3.8, 4) is 11.1 Å². The summed E-state index contributed by atoms with van der Waals surface area (Å²) in [5.74, 6) is -0.933. The Morgan fingerprint density at radius 1 is 0.978 bits per heavy atom. The van der Waals surface area contributed by atoms with Gasteiger partial charge in [-0.1, -0.05) is 83.5 Å². The first-order valence-corrected chi connectivity index (χ1v) is 15.2. The van der Waals surface area contributed by atoms with Crippen LogP contribution in [0.2, 0.25) is 0 Å². The third-order valence-electron chi connectivity index (χ3n) is 7.94. The molecule has 1 saturated heterocycles. The van der Waals surface area contributed by atoms with E-state index in [1.807, 2.05) is 55.5 Å². The summed E-state index contributed by atoms with van der Waals surface area (Å²) >= 11 is 0. The minimum absolute atomic E-state index is 0.0957. The summed E-state index contributed by atoms with van der Waals surface area (Å²) in [6.07, 6.45) is 0.0427. The van der Waals surface area contributed by atoms with E-state index >= 15 is 0 Å². The lowest BCUT2D eigenvalue weighted by Crippen LogP contribution is -2.48. The molecule has 5 rings (SSSR count). The van der Waals surface area contributed by atoms with Crippen molar-refractivity contribution >= 4 is 24.0 Å². The number of nitrogens with one attached hydrogen (secondary N) is 1. The molecule has 3 aromatic carbocycles. The van der Waals surface area contributed by atoms with Crippen LogP contribution < -0.4 is 11.1 Å². The Bertz CT molecular complexity index is 1530. The summed E-state index contributed by atoms with van der Waals surface area (Å²) in [7, 11) is 0. The van der Waals surface area contributed by atoms with Gasteiger partial charge in [-0.2, -0.15) is 0 Å². The van der Waals surface area contributed by atoms with E-state index < -0.39 is 35.8 Å². The maximum absolute atomic E-state index is 13.2. The molecule has 0 spiro atoms. The van der Waals surface area contributed by atoms with Gasteiger partial charge in [0.15, 0.2) is 5.84 Å². The van der Waals surface area contributed by atoms with E-state index in [0.29, 0.717) is 25.8 Å². The third kappa shape index (κ3) is 7.63. The monoisotopic (exact) mass is 612 g/mol. The number of ether oxygens (including phenoxy) is 2. The number of nitrogens with zero attached hydrogens (tertiary/aromatic N) is 2. The zero-order valence-electron chi connectivity index (χ0n) is 26.1. The Hall–Kier alpha value is -4.86. The van der Waals surface area contributed by atoms with Crippen LogP contribution in [0.1, 0.15) is 61.8 Å². The van der Waals surface area contributed by atoms with E-state index in [1.54, 1.807) is 20.8 Å². The number of fused-ring (bicyclic) bond motifs is 3. The van der Waals surface area contributed by atoms with E-state index in [4.69, 9.17) is 20.0 Å². The first-order chi connectivity index (χ1) is 21.5. The molecule has 0 aromatic heterocycles. The van der Waals surface area contributed by atoms with Crippen molar-refractivity contribution in [2.45, 2.75) is 70.6 Å². The van der Waals surface area contributed by atoms with Crippen molar-refractivity contribution < 1.29 is 28.7 Å². The Balaban J connectivity index is 1.23. The molecule has 0 bridgehead atoms. The fraction of sp³-hybridized carbons (Fsp3) is 0.371. The number of hydrogen-bond acceptors (Lipinski definition) is 7. The lowest BCUT2D eigenvalue weighted by molar-refractivity contribution is -0.148. The summed E-state index contributed by atoms with van der Waals surface area (Å²) in [5.41, 5.74) is 12.0. The van der Waals surface area contributed by atoms with Crippen molar-refractivity contribution in [1.82, 2.24) is 10.2 Å².